The normalized spacial score (nSPS) is 11.3. The van der Waals surface area contributed by atoms with Crippen LogP contribution in [0.5, 0.6) is 11.5 Å². The predicted octanol–water partition coefficient (Wildman–Crippen LogP) is 2.52. The third kappa shape index (κ3) is 4.47. The lowest BCUT2D eigenvalue weighted by atomic mass is 10.1. The zero-order valence-electron chi connectivity index (χ0n) is 12.1. The Hall–Kier alpha value is -2.22. The van der Waals surface area contributed by atoms with E-state index in [1.54, 1.807) is 25.1 Å². The first kappa shape index (κ1) is 15.8. The molecular weight excluding hydrogens is 256 g/mol. The molecular formula is C15H20N2O3. The number of benzene rings is 1. The Bertz CT molecular complexity index is 494. The van der Waals surface area contributed by atoms with Crippen molar-refractivity contribution < 1.29 is 14.3 Å². The van der Waals surface area contributed by atoms with Crippen LogP contribution in [0.4, 0.5) is 0 Å². The third-order valence-electron chi connectivity index (χ3n) is 2.58. The van der Waals surface area contributed by atoms with Crippen LogP contribution in [0.2, 0.25) is 0 Å². The lowest BCUT2D eigenvalue weighted by molar-refractivity contribution is 0.0940. The Morgan fingerprint density at radius 3 is 2.55 bits per heavy atom. The van der Waals surface area contributed by atoms with Crippen LogP contribution in [-0.2, 0) is 0 Å². The number of carbonyl (C=O) groups excluding carboxylic acids is 1. The molecule has 0 bridgehead atoms. The molecule has 108 valence electrons. The van der Waals surface area contributed by atoms with Gasteiger partial charge >= 0.3 is 0 Å². The van der Waals surface area contributed by atoms with E-state index in [-0.39, 0.29) is 18.4 Å². The number of nitrogens with one attached hydrogen (secondary N) is 1. The van der Waals surface area contributed by atoms with Gasteiger partial charge in [-0.05, 0) is 39.0 Å². The predicted molar refractivity (Wildman–Crippen MR) is 75.9 cm³/mol. The summed E-state index contributed by atoms with van der Waals surface area (Å²) in [7, 11) is 0. The van der Waals surface area contributed by atoms with Crippen LogP contribution in [-0.4, -0.2) is 25.2 Å². The molecule has 0 aliphatic carbocycles. The number of nitrogens with zero attached hydrogens (tertiary/aromatic N) is 1. The summed E-state index contributed by atoms with van der Waals surface area (Å²) in [6, 6.07) is 6.90. The molecule has 0 spiro atoms. The average molecular weight is 276 g/mol. The van der Waals surface area contributed by atoms with Crippen LogP contribution in [0.15, 0.2) is 18.2 Å². The second-order valence-electron chi connectivity index (χ2n) is 4.26. The van der Waals surface area contributed by atoms with Crippen LogP contribution in [0, 0.1) is 11.3 Å². The topological polar surface area (TPSA) is 71.3 Å². The molecule has 0 heterocycles. The molecule has 0 aromatic heterocycles. The largest absolute Gasteiger partial charge is 0.490 e. The first-order chi connectivity index (χ1) is 9.62. The SMILES string of the molecule is CCOc1ccc(C(=O)N[C@H](C)CC#N)cc1OCC. The van der Waals surface area contributed by atoms with Crippen molar-refractivity contribution >= 4 is 5.91 Å². The minimum atomic E-state index is -0.225. The number of ether oxygens (including phenoxy) is 2. The molecule has 20 heavy (non-hydrogen) atoms. The summed E-state index contributed by atoms with van der Waals surface area (Å²) in [5.41, 5.74) is 0.488. The standard InChI is InChI=1S/C15H20N2O3/c1-4-19-13-7-6-12(10-14(13)20-5-2)15(18)17-11(3)8-9-16/h6-7,10-11H,4-5,8H2,1-3H3,(H,17,18)/t11-/m1/s1. The molecule has 0 unspecified atom stereocenters. The average Bonchev–Trinajstić information content (AvgIpc) is 2.41. The minimum absolute atomic E-state index is 0.186. The van der Waals surface area contributed by atoms with E-state index in [4.69, 9.17) is 14.7 Å². The Morgan fingerprint density at radius 2 is 1.95 bits per heavy atom. The van der Waals surface area contributed by atoms with E-state index in [9.17, 15) is 4.79 Å². The third-order valence-corrected chi connectivity index (χ3v) is 2.58. The van der Waals surface area contributed by atoms with Gasteiger partial charge in [0.25, 0.3) is 5.91 Å². The summed E-state index contributed by atoms with van der Waals surface area (Å²) in [5.74, 6) is 0.947. The van der Waals surface area contributed by atoms with Crippen molar-refractivity contribution in [2.75, 3.05) is 13.2 Å². The van der Waals surface area contributed by atoms with E-state index in [1.807, 2.05) is 19.9 Å². The summed E-state index contributed by atoms with van der Waals surface area (Å²) < 4.78 is 10.9. The number of carbonyl (C=O) groups is 1. The highest BCUT2D eigenvalue weighted by Crippen LogP contribution is 2.28. The van der Waals surface area contributed by atoms with E-state index in [1.165, 1.54) is 0 Å². The van der Waals surface area contributed by atoms with Crippen LogP contribution in [0.1, 0.15) is 37.6 Å². The molecule has 1 N–H and O–H groups in total. The first-order valence-corrected chi connectivity index (χ1v) is 6.69. The summed E-state index contributed by atoms with van der Waals surface area (Å²) in [6.45, 7) is 6.58. The number of rotatable bonds is 7. The summed E-state index contributed by atoms with van der Waals surface area (Å²) in [6.07, 6.45) is 0.279. The van der Waals surface area contributed by atoms with Gasteiger partial charge in [-0.1, -0.05) is 0 Å². The van der Waals surface area contributed by atoms with E-state index < -0.39 is 0 Å². The van der Waals surface area contributed by atoms with E-state index in [0.717, 1.165) is 0 Å². The monoisotopic (exact) mass is 276 g/mol. The van der Waals surface area contributed by atoms with Crippen molar-refractivity contribution in [3.8, 4) is 17.6 Å². The van der Waals surface area contributed by atoms with Gasteiger partial charge in [-0.25, -0.2) is 0 Å². The quantitative estimate of drug-likeness (QED) is 0.830. The van der Waals surface area contributed by atoms with Crippen molar-refractivity contribution in [3.63, 3.8) is 0 Å². The highest BCUT2D eigenvalue weighted by molar-refractivity contribution is 5.95. The lowest BCUT2D eigenvalue weighted by Crippen LogP contribution is -2.32. The smallest absolute Gasteiger partial charge is 0.251 e. The number of nitriles is 1. The summed E-state index contributed by atoms with van der Waals surface area (Å²) >= 11 is 0. The Balaban J connectivity index is 2.87. The zero-order valence-corrected chi connectivity index (χ0v) is 12.1. The molecule has 1 atom stereocenters. The molecule has 1 amide bonds. The fourth-order valence-corrected chi connectivity index (χ4v) is 1.69. The van der Waals surface area contributed by atoms with Gasteiger partial charge in [0.2, 0.25) is 0 Å². The molecule has 1 aromatic carbocycles. The van der Waals surface area contributed by atoms with Gasteiger partial charge in [0, 0.05) is 11.6 Å². The minimum Gasteiger partial charge on any atom is -0.490 e. The highest BCUT2D eigenvalue weighted by Gasteiger charge is 2.13. The van der Waals surface area contributed by atoms with Crippen LogP contribution in [0.25, 0.3) is 0 Å². The fourth-order valence-electron chi connectivity index (χ4n) is 1.69. The molecule has 5 nitrogen and oxygen atoms in total. The molecule has 0 aliphatic heterocycles. The molecule has 0 saturated carbocycles. The van der Waals surface area contributed by atoms with Gasteiger partial charge in [0.05, 0.1) is 25.7 Å². The van der Waals surface area contributed by atoms with Gasteiger partial charge in [-0.15, -0.1) is 0 Å². The fraction of sp³-hybridized carbons (Fsp3) is 0.467. The molecule has 5 heteroatoms. The highest BCUT2D eigenvalue weighted by atomic mass is 16.5. The van der Waals surface area contributed by atoms with Gasteiger partial charge in [0.15, 0.2) is 11.5 Å². The van der Waals surface area contributed by atoms with Crippen LogP contribution < -0.4 is 14.8 Å². The number of hydrogen-bond donors (Lipinski definition) is 1. The van der Waals surface area contributed by atoms with Gasteiger partial charge in [-0.3, -0.25) is 4.79 Å². The molecule has 0 fully saturated rings. The van der Waals surface area contributed by atoms with Crippen LogP contribution >= 0.6 is 0 Å². The number of amides is 1. The van der Waals surface area contributed by atoms with Gasteiger partial charge in [0.1, 0.15) is 0 Å². The first-order valence-electron chi connectivity index (χ1n) is 6.69. The van der Waals surface area contributed by atoms with Crippen molar-refractivity contribution in [2.45, 2.75) is 33.2 Å². The Kier molecular flexibility index (Phi) is 6.38. The van der Waals surface area contributed by atoms with Crippen molar-refractivity contribution in [3.05, 3.63) is 23.8 Å². The van der Waals surface area contributed by atoms with E-state index in [0.29, 0.717) is 30.3 Å². The van der Waals surface area contributed by atoms with Crippen molar-refractivity contribution in [1.29, 1.82) is 5.26 Å². The van der Waals surface area contributed by atoms with Crippen molar-refractivity contribution in [2.24, 2.45) is 0 Å². The van der Waals surface area contributed by atoms with Gasteiger partial charge in [-0.2, -0.15) is 5.26 Å². The molecule has 0 radical (unpaired) electrons. The Labute approximate surface area is 119 Å². The summed E-state index contributed by atoms with van der Waals surface area (Å²) in [5, 5.41) is 11.4. The molecule has 0 saturated heterocycles. The maximum Gasteiger partial charge on any atom is 0.251 e. The lowest BCUT2D eigenvalue weighted by Gasteiger charge is -2.14. The van der Waals surface area contributed by atoms with E-state index in [2.05, 4.69) is 5.32 Å². The summed E-state index contributed by atoms with van der Waals surface area (Å²) in [4.78, 5) is 12.0. The van der Waals surface area contributed by atoms with Gasteiger partial charge < -0.3 is 14.8 Å². The number of hydrogen-bond acceptors (Lipinski definition) is 4. The molecule has 1 rings (SSSR count). The van der Waals surface area contributed by atoms with E-state index >= 15 is 0 Å². The maximum absolute atomic E-state index is 12.0. The molecule has 0 aliphatic rings. The van der Waals surface area contributed by atoms with Crippen LogP contribution in [0.3, 0.4) is 0 Å². The van der Waals surface area contributed by atoms with Crippen molar-refractivity contribution in [1.82, 2.24) is 5.32 Å². The Morgan fingerprint density at radius 1 is 1.30 bits per heavy atom. The molecule has 1 aromatic rings. The zero-order chi connectivity index (χ0) is 15.0. The second-order valence-corrected chi connectivity index (χ2v) is 4.26. The second kappa shape index (κ2) is 8.05. The maximum atomic E-state index is 12.0.